The predicted octanol–water partition coefficient (Wildman–Crippen LogP) is 2.91. The van der Waals surface area contributed by atoms with Gasteiger partial charge < -0.3 is 14.6 Å². The average molecular weight is 396 g/mol. The molecule has 0 saturated carbocycles. The molecule has 4 rings (SSSR count). The van der Waals surface area contributed by atoms with Crippen molar-refractivity contribution < 1.29 is 24.2 Å². The Morgan fingerprint density at radius 3 is 2.03 bits per heavy atom. The summed E-state index contributed by atoms with van der Waals surface area (Å²) in [5, 5.41) is 17.5. The van der Waals surface area contributed by atoms with E-state index >= 15 is 0 Å². The fourth-order valence-electron chi connectivity index (χ4n) is 3.40. The van der Waals surface area contributed by atoms with Crippen LogP contribution in [0.3, 0.4) is 0 Å². The average Bonchev–Trinajstić information content (AvgIpc) is 3.23. The predicted molar refractivity (Wildman–Crippen MR) is 108 cm³/mol. The minimum atomic E-state index is -1.82. The molecule has 152 valence electrons. The van der Waals surface area contributed by atoms with Gasteiger partial charge in [0.05, 0.1) is 12.8 Å². The molecule has 7 nitrogen and oxygen atoms in total. The topological polar surface area (TPSA) is 94.2 Å². The lowest BCUT2D eigenvalue weighted by Crippen LogP contribution is -2.45. The number of furan rings is 1. The monoisotopic (exact) mass is 396 g/mol. The van der Waals surface area contributed by atoms with Gasteiger partial charge in [-0.1, -0.05) is 42.5 Å². The highest BCUT2D eigenvalue weighted by molar-refractivity contribution is 6.27. The zero-order valence-corrected chi connectivity index (χ0v) is 16.0. The molecule has 0 bridgehead atoms. The zero-order valence-electron chi connectivity index (χ0n) is 16.0. The van der Waals surface area contributed by atoms with Gasteiger partial charge >= 0.3 is 11.9 Å². The third-order valence-electron chi connectivity index (χ3n) is 4.88. The van der Waals surface area contributed by atoms with Gasteiger partial charge in [-0.05, 0) is 28.5 Å². The van der Waals surface area contributed by atoms with Crippen LogP contribution >= 0.6 is 0 Å². The van der Waals surface area contributed by atoms with Crippen molar-refractivity contribution in [3.05, 3.63) is 72.2 Å². The highest BCUT2D eigenvalue weighted by Gasteiger charge is 2.18. The molecule has 2 aromatic carbocycles. The molecule has 1 saturated heterocycles. The van der Waals surface area contributed by atoms with Gasteiger partial charge in [0.15, 0.2) is 0 Å². The lowest BCUT2D eigenvalue weighted by atomic mass is 10.0. The smallest absolute Gasteiger partial charge is 0.414 e. The summed E-state index contributed by atoms with van der Waals surface area (Å²) in [6.45, 7) is 6.40. The summed E-state index contributed by atoms with van der Waals surface area (Å²) in [6.07, 6.45) is 1.76. The lowest BCUT2D eigenvalue weighted by Gasteiger charge is -2.34. The zero-order chi connectivity index (χ0) is 20.6. The van der Waals surface area contributed by atoms with Crippen LogP contribution in [-0.4, -0.2) is 58.1 Å². The van der Waals surface area contributed by atoms with Crippen molar-refractivity contribution in [3.8, 4) is 0 Å². The molecule has 2 heterocycles. The first-order chi connectivity index (χ1) is 14.0. The van der Waals surface area contributed by atoms with E-state index in [0.717, 1.165) is 45.0 Å². The Balaban J connectivity index is 0.000000353. The van der Waals surface area contributed by atoms with E-state index in [2.05, 4.69) is 58.3 Å². The number of piperazine rings is 1. The first-order valence-corrected chi connectivity index (χ1v) is 9.43. The van der Waals surface area contributed by atoms with Crippen LogP contribution in [0.25, 0.3) is 10.8 Å². The number of fused-ring (bicyclic) bond motifs is 1. The SMILES string of the molecule is O=C(O)C(=O)O.c1coc(CN2CCN(Cc3cccc4ccccc34)CC2)c1. The number of carboxylic acid groups (broad SMARTS) is 2. The van der Waals surface area contributed by atoms with E-state index in [0.29, 0.717) is 0 Å². The van der Waals surface area contributed by atoms with Crippen molar-refractivity contribution in [1.29, 1.82) is 0 Å². The molecular formula is C22H24N2O5. The number of hydrogen-bond donors (Lipinski definition) is 2. The molecule has 1 aromatic heterocycles. The van der Waals surface area contributed by atoms with E-state index in [-0.39, 0.29) is 0 Å². The van der Waals surface area contributed by atoms with E-state index in [9.17, 15) is 0 Å². The summed E-state index contributed by atoms with van der Waals surface area (Å²) in [5.41, 5.74) is 1.43. The molecule has 2 N–H and O–H groups in total. The Kier molecular flexibility index (Phi) is 6.99. The Morgan fingerprint density at radius 2 is 1.41 bits per heavy atom. The molecule has 1 aliphatic heterocycles. The molecule has 3 aromatic rings. The molecule has 1 fully saturated rings. The summed E-state index contributed by atoms with van der Waals surface area (Å²) < 4.78 is 5.45. The van der Waals surface area contributed by atoms with Gasteiger partial charge in [-0.2, -0.15) is 0 Å². The minimum absolute atomic E-state index is 0.926. The number of carbonyl (C=O) groups is 2. The molecular weight excluding hydrogens is 372 g/mol. The second kappa shape index (κ2) is 9.86. The Labute approximate surface area is 168 Å². The van der Waals surface area contributed by atoms with Gasteiger partial charge in [0.2, 0.25) is 0 Å². The number of benzene rings is 2. The van der Waals surface area contributed by atoms with Crippen molar-refractivity contribution in [2.45, 2.75) is 13.1 Å². The Bertz CT molecular complexity index is 930. The lowest BCUT2D eigenvalue weighted by molar-refractivity contribution is -0.159. The first-order valence-electron chi connectivity index (χ1n) is 9.43. The van der Waals surface area contributed by atoms with Crippen LogP contribution in [0.5, 0.6) is 0 Å². The Hall–Kier alpha value is -3.16. The molecule has 0 unspecified atom stereocenters. The molecule has 0 amide bonds. The number of nitrogens with zero attached hydrogens (tertiary/aromatic N) is 2. The number of aliphatic carboxylic acids is 2. The number of hydrogen-bond acceptors (Lipinski definition) is 5. The largest absolute Gasteiger partial charge is 0.473 e. The third-order valence-corrected chi connectivity index (χ3v) is 4.88. The van der Waals surface area contributed by atoms with Crippen LogP contribution in [0, 0.1) is 0 Å². The third kappa shape index (κ3) is 5.91. The van der Waals surface area contributed by atoms with E-state index in [4.69, 9.17) is 24.2 Å². The van der Waals surface area contributed by atoms with E-state index in [1.807, 2.05) is 6.07 Å². The van der Waals surface area contributed by atoms with Gasteiger partial charge in [-0.25, -0.2) is 9.59 Å². The van der Waals surface area contributed by atoms with Gasteiger partial charge in [0.1, 0.15) is 5.76 Å². The summed E-state index contributed by atoms with van der Waals surface area (Å²) in [4.78, 5) is 23.2. The number of carboxylic acids is 2. The standard InChI is InChI=1S/C20H22N2O.C2H2O4/c1-2-9-20-17(5-1)6-3-7-18(20)15-21-10-12-22(13-11-21)16-19-8-4-14-23-19;3-1(4)2(5)6/h1-9,14H,10-13,15-16H2;(H,3,4)(H,5,6). The second-order valence-corrected chi connectivity index (χ2v) is 6.88. The Morgan fingerprint density at radius 1 is 0.793 bits per heavy atom. The maximum Gasteiger partial charge on any atom is 0.414 e. The molecule has 7 heteroatoms. The molecule has 29 heavy (non-hydrogen) atoms. The van der Waals surface area contributed by atoms with E-state index < -0.39 is 11.9 Å². The van der Waals surface area contributed by atoms with Crippen LogP contribution in [0.1, 0.15) is 11.3 Å². The maximum absolute atomic E-state index is 9.10. The van der Waals surface area contributed by atoms with Gasteiger partial charge in [0, 0.05) is 32.7 Å². The maximum atomic E-state index is 9.10. The summed E-state index contributed by atoms with van der Waals surface area (Å²) in [5.74, 6) is -2.59. The van der Waals surface area contributed by atoms with Crippen molar-refractivity contribution in [2.75, 3.05) is 26.2 Å². The van der Waals surface area contributed by atoms with Crippen molar-refractivity contribution in [3.63, 3.8) is 0 Å². The van der Waals surface area contributed by atoms with Crippen LogP contribution in [0.15, 0.2) is 65.3 Å². The van der Waals surface area contributed by atoms with Crippen LogP contribution < -0.4 is 0 Å². The van der Waals surface area contributed by atoms with E-state index in [1.54, 1.807) is 6.26 Å². The van der Waals surface area contributed by atoms with Gasteiger partial charge in [-0.15, -0.1) is 0 Å². The molecule has 0 aliphatic carbocycles. The van der Waals surface area contributed by atoms with Crippen molar-refractivity contribution in [2.24, 2.45) is 0 Å². The van der Waals surface area contributed by atoms with Crippen LogP contribution in [-0.2, 0) is 22.7 Å². The first kappa shape index (κ1) is 20.6. The molecule has 0 atom stereocenters. The van der Waals surface area contributed by atoms with Gasteiger partial charge in [-0.3, -0.25) is 9.80 Å². The van der Waals surface area contributed by atoms with Crippen LogP contribution in [0.2, 0.25) is 0 Å². The molecule has 1 aliphatic rings. The summed E-state index contributed by atoms with van der Waals surface area (Å²) >= 11 is 0. The van der Waals surface area contributed by atoms with Crippen LogP contribution in [0.4, 0.5) is 0 Å². The minimum Gasteiger partial charge on any atom is -0.473 e. The quantitative estimate of drug-likeness (QED) is 0.655. The highest BCUT2D eigenvalue weighted by atomic mass is 16.4. The summed E-state index contributed by atoms with van der Waals surface area (Å²) in [6, 6.07) is 19.3. The van der Waals surface area contributed by atoms with E-state index in [1.165, 1.54) is 16.3 Å². The molecule has 0 spiro atoms. The summed E-state index contributed by atoms with van der Waals surface area (Å²) in [7, 11) is 0. The fourth-order valence-corrected chi connectivity index (χ4v) is 3.40. The molecule has 0 radical (unpaired) electrons. The normalized spacial score (nSPS) is 14.9. The van der Waals surface area contributed by atoms with Crippen molar-refractivity contribution in [1.82, 2.24) is 9.80 Å². The fraction of sp³-hybridized carbons (Fsp3) is 0.273. The number of rotatable bonds is 4. The highest BCUT2D eigenvalue weighted by Crippen LogP contribution is 2.20. The second-order valence-electron chi connectivity index (χ2n) is 6.88. The van der Waals surface area contributed by atoms with Gasteiger partial charge in [0.25, 0.3) is 0 Å². The van der Waals surface area contributed by atoms with Crippen molar-refractivity contribution >= 4 is 22.7 Å².